The third-order valence-electron chi connectivity index (χ3n) is 5.82. The molecule has 1 aromatic heterocycles. The van der Waals surface area contributed by atoms with Crippen LogP contribution in [0.25, 0.3) is 11.0 Å². The van der Waals surface area contributed by atoms with Gasteiger partial charge in [-0.3, -0.25) is 4.99 Å². The van der Waals surface area contributed by atoms with E-state index in [1.54, 1.807) is 0 Å². The maximum absolute atomic E-state index is 12.8. The van der Waals surface area contributed by atoms with Crippen molar-refractivity contribution in [1.29, 1.82) is 0 Å². The molecule has 0 radical (unpaired) electrons. The number of hydrogen-bond donors (Lipinski definition) is 0. The van der Waals surface area contributed by atoms with Crippen molar-refractivity contribution in [2.24, 2.45) is 4.99 Å². The smallest absolute Gasteiger partial charge is 0.345 e. The second-order valence-corrected chi connectivity index (χ2v) is 7.56. The Balaban J connectivity index is 1.75. The van der Waals surface area contributed by atoms with E-state index in [9.17, 15) is 4.79 Å². The first-order chi connectivity index (χ1) is 12.7. The van der Waals surface area contributed by atoms with Gasteiger partial charge in [0.05, 0.1) is 16.8 Å². The molecule has 2 aromatic carbocycles. The Morgan fingerprint density at radius 1 is 0.885 bits per heavy atom. The summed E-state index contributed by atoms with van der Waals surface area (Å²) in [4.78, 5) is 18.0. The van der Waals surface area contributed by atoms with Crippen LogP contribution in [0.1, 0.15) is 48.8 Å². The van der Waals surface area contributed by atoms with Crippen LogP contribution in [0.5, 0.6) is 0 Å². The molecule has 0 saturated heterocycles. The molecule has 3 heteroatoms. The van der Waals surface area contributed by atoms with E-state index in [2.05, 4.69) is 18.2 Å². The lowest BCUT2D eigenvalue weighted by atomic mass is 9.74. The third-order valence-corrected chi connectivity index (χ3v) is 5.82. The normalized spacial score (nSPS) is 18.5. The summed E-state index contributed by atoms with van der Waals surface area (Å²) in [7, 11) is 0. The molecule has 2 aliphatic rings. The fourth-order valence-corrected chi connectivity index (χ4v) is 4.53. The van der Waals surface area contributed by atoms with Gasteiger partial charge in [-0.05, 0) is 37.0 Å². The first-order valence-corrected chi connectivity index (χ1v) is 9.46. The fourth-order valence-electron chi connectivity index (χ4n) is 4.53. The minimum absolute atomic E-state index is 0.0555. The van der Waals surface area contributed by atoms with Gasteiger partial charge in [-0.2, -0.15) is 0 Å². The molecular formula is C23H21NO2. The summed E-state index contributed by atoms with van der Waals surface area (Å²) in [6.45, 7) is 0. The maximum Gasteiger partial charge on any atom is 0.345 e. The van der Waals surface area contributed by atoms with Gasteiger partial charge in [0.2, 0.25) is 0 Å². The van der Waals surface area contributed by atoms with Crippen LogP contribution in [0.3, 0.4) is 0 Å². The Morgan fingerprint density at radius 3 is 2.54 bits per heavy atom. The highest BCUT2D eigenvalue weighted by atomic mass is 16.4. The maximum atomic E-state index is 12.8. The predicted molar refractivity (Wildman–Crippen MR) is 104 cm³/mol. The number of rotatable bonds is 1. The quantitative estimate of drug-likeness (QED) is 0.590. The number of nitrogens with zero attached hydrogens (tertiary/aromatic N) is 1. The molecule has 3 aromatic rings. The second kappa shape index (κ2) is 5.94. The molecule has 2 heterocycles. The van der Waals surface area contributed by atoms with Crippen LogP contribution in [-0.2, 0) is 6.42 Å². The van der Waals surface area contributed by atoms with Crippen molar-refractivity contribution < 1.29 is 4.42 Å². The molecular weight excluding hydrogens is 322 g/mol. The lowest BCUT2D eigenvalue weighted by Crippen LogP contribution is -2.38. The molecule has 3 nitrogen and oxygen atoms in total. The van der Waals surface area contributed by atoms with E-state index in [4.69, 9.17) is 9.41 Å². The number of fused-ring (bicyclic) bond motifs is 2. The van der Waals surface area contributed by atoms with Gasteiger partial charge in [-0.25, -0.2) is 4.79 Å². The summed E-state index contributed by atoms with van der Waals surface area (Å²) < 4.78 is 5.60. The van der Waals surface area contributed by atoms with Crippen LogP contribution in [0.4, 0.5) is 0 Å². The highest BCUT2D eigenvalue weighted by Gasteiger charge is 2.37. The number of aliphatic imine (C=N–C) groups is 1. The summed E-state index contributed by atoms with van der Waals surface area (Å²) >= 11 is 0. The summed E-state index contributed by atoms with van der Waals surface area (Å²) in [6.07, 6.45) is 6.89. The summed E-state index contributed by atoms with van der Waals surface area (Å²) in [5, 5.41) is 0.936. The first-order valence-electron chi connectivity index (χ1n) is 9.46. The third kappa shape index (κ3) is 2.50. The summed E-state index contributed by atoms with van der Waals surface area (Å²) in [6, 6.07) is 18.0. The molecule has 0 N–H and O–H groups in total. The molecule has 0 bridgehead atoms. The number of benzene rings is 2. The van der Waals surface area contributed by atoms with Crippen molar-refractivity contribution in [3.05, 3.63) is 81.7 Å². The van der Waals surface area contributed by atoms with Crippen LogP contribution >= 0.6 is 0 Å². The number of hydrogen-bond acceptors (Lipinski definition) is 3. The van der Waals surface area contributed by atoms with Crippen LogP contribution in [0, 0.1) is 0 Å². The molecule has 5 rings (SSSR count). The van der Waals surface area contributed by atoms with E-state index in [-0.39, 0.29) is 11.2 Å². The van der Waals surface area contributed by atoms with E-state index in [0.717, 1.165) is 35.9 Å². The second-order valence-electron chi connectivity index (χ2n) is 7.56. The van der Waals surface area contributed by atoms with Gasteiger partial charge in [-0.1, -0.05) is 61.7 Å². The molecule has 0 amide bonds. The largest absolute Gasteiger partial charge is 0.422 e. The Hall–Kier alpha value is -2.68. The van der Waals surface area contributed by atoms with Crippen molar-refractivity contribution in [1.82, 2.24) is 0 Å². The SMILES string of the molecule is O=c1oc2ccccc2cc1C1=NC2(CCCCC2)Cc2ccccc21. The Morgan fingerprint density at radius 2 is 1.65 bits per heavy atom. The molecule has 1 saturated carbocycles. The van der Waals surface area contributed by atoms with Gasteiger partial charge in [0.15, 0.2) is 0 Å². The van der Waals surface area contributed by atoms with Gasteiger partial charge in [0.1, 0.15) is 5.58 Å². The Bertz CT molecular complexity index is 1070. The van der Waals surface area contributed by atoms with Gasteiger partial charge in [-0.15, -0.1) is 0 Å². The highest BCUT2D eigenvalue weighted by Crippen LogP contribution is 2.39. The minimum atomic E-state index is -0.301. The molecule has 26 heavy (non-hydrogen) atoms. The standard InChI is InChI=1S/C23H21NO2/c25-22-19(14-16-8-3-5-11-20(16)26-22)21-18-10-4-2-9-17(18)15-23(24-21)12-6-1-7-13-23/h2-5,8-11,14H,1,6-7,12-13,15H2. The summed E-state index contributed by atoms with van der Waals surface area (Å²) in [5.41, 5.74) is 4.04. The van der Waals surface area contributed by atoms with Gasteiger partial charge < -0.3 is 4.42 Å². The van der Waals surface area contributed by atoms with Crippen LogP contribution in [0.15, 0.2) is 68.8 Å². The highest BCUT2D eigenvalue weighted by molar-refractivity contribution is 6.15. The average Bonchev–Trinajstić information content (AvgIpc) is 2.67. The van der Waals surface area contributed by atoms with Crippen LogP contribution in [-0.4, -0.2) is 11.3 Å². The molecule has 1 spiro atoms. The van der Waals surface area contributed by atoms with Crippen molar-refractivity contribution in [2.75, 3.05) is 0 Å². The molecule has 0 unspecified atom stereocenters. The monoisotopic (exact) mass is 343 g/mol. The molecule has 130 valence electrons. The summed E-state index contributed by atoms with van der Waals surface area (Å²) in [5.74, 6) is 0. The van der Waals surface area contributed by atoms with Crippen molar-refractivity contribution in [3.8, 4) is 0 Å². The fraction of sp³-hybridized carbons (Fsp3) is 0.304. The van der Waals surface area contributed by atoms with E-state index >= 15 is 0 Å². The van der Waals surface area contributed by atoms with Crippen LogP contribution < -0.4 is 5.63 Å². The lowest BCUT2D eigenvalue weighted by Gasteiger charge is -2.38. The van der Waals surface area contributed by atoms with E-state index in [0.29, 0.717) is 11.1 Å². The first kappa shape index (κ1) is 15.6. The zero-order valence-corrected chi connectivity index (χ0v) is 14.7. The molecule has 1 aliphatic carbocycles. The molecule has 1 fully saturated rings. The van der Waals surface area contributed by atoms with Gasteiger partial charge in [0.25, 0.3) is 0 Å². The number of para-hydroxylation sites is 1. The topological polar surface area (TPSA) is 42.6 Å². The van der Waals surface area contributed by atoms with E-state index in [1.807, 2.05) is 36.4 Å². The zero-order chi connectivity index (χ0) is 17.6. The van der Waals surface area contributed by atoms with Crippen molar-refractivity contribution in [3.63, 3.8) is 0 Å². The minimum Gasteiger partial charge on any atom is -0.422 e. The Labute approximate surface area is 152 Å². The van der Waals surface area contributed by atoms with Gasteiger partial charge in [0, 0.05) is 10.9 Å². The van der Waals surface area contributed by atoms with Crippen molar-refractivity contribution >= 4 is 16.7 Å². The van der Waals surface area contributed by atoms with Gasteiger partial charge >= 0.3 is 5.63 Å². The average molecular weight is 343 g/mol. The van der Waals surface area contributed by atoms with Crippen molar-refractivity contribution in [2.45, 2.75) is 44.1 Å². The molecule has 0 atom stereocenters. The predicted octanol–water partition coefficient (Wildman–Crippen LogP) is 4.89. The molecule has 1 aliphatic heterocycles. The van der Waals surface area contributed by atoms with E-state index < -0.39 is 0 Å². The zero-order valence-electron chi connectivity index (χ0n) is 14.7. The van der Waals surface area contributed by atoms with E-state index in [1.165, 1.54) is 24.8 Å². The Kier molecular flexibility index (Phi) is 3.56. The lowest BCUT2D eigenvalue weighted by molar-refractivity contribution is 0.294. The van der Waals surface area contributed by atoms with Crippen LogP contribution in [0.2, 0.25) is 0 Å².